The van der Waals surface area contributed by atoms with Gasteiger partial charge in [0.15, 0.2) is 6.61 Å². The second-order valence-electron chi connectivity index (χ2n) is 5.31. The highest BCUT2D eigenvalue weighted by molar-refractivity contribution is 7.92. The van der Waals surface area contributed by atoms with Crippen LogP contribution in [0.3, 0.4) is 0 Å². The van der Waals surface area contributed by atoms with E-state index in [1.165, 1.54) is 24.3 Å². The Bertz CT molecular complexity index is 982. The van der Waals surface area contributed by atoms with Crippen LogP contribution in [-0.4, -0.2) is 36.3 Å². The summed E-state index contributed by atoms with van der Waals surface area (Å²) in [5, 5.41) is 15.3. The number of nitrogens with one attached hydrogen (secondary N) is 2. The number of hydrogen-bond donors (Lipinski definition) is 3. The van der Waals surface area contributed by atoms with E-state index in [0.717, 1.165) is 11.3 Å². The van der Waals surface area contributed by atoms with Crippen LogP contribution in [0.25, 0.3) is 11.3 Å². The van der Waals surface area contributed by atoms with Crippen molar-refractivity contribution < 1.29 is 23.1 Å². The summed E-state index contributed by atoms with van der Waals surface area (Å²) >= 11 is 0. The predicted octanol–water partition coefficient (Wildman–Crippen LogP) is 2.34. The summed E-state index contributed by atoms with van der Waals surface area (Å²) in [6.45, 7) is -0.493. The van der Waals surface area contributed by atoms with E-state index in [2.05, 4.69) is 14.9 Å². The molecule has 0 fully saturated rings. The van der Waals surface area contributed by atoms with Crippen LogP contribution >= 0.6 is 0 Å². The number of carboxylic acids is 1. The molecule has 8 nitrogen and oxygen atoms in total. The standard InChI is InChI=1S/C17H15N3O5S/c21-17(22)11-25-14-5-7-15(8-6-14)26(23,24)20-13-3-1-12(2-4-13)16-9-10-18-19-16/h1-10,20H,11H2,(H,18,19)(H,21,22). The second-order valence-corrected chi connectivity index (χ2v) is 6.99. The van der Waals surface area contributed by atoms with Gasteiger partial charge in [0.25, 0.3) is 10.0 Å². The molecule has 0 spiro atoms. The highest BCUT2D eigenvalue weighted by atomic mass is 32.2. The average molecular weight is 373 g/mol. The molecule has 0 aliphatic rings. The number of aromatic nitrogens is 2. The van der Waals surface area contributed by atoms with Crippen LogP contribution in [0.1, 0.15) is 0 Å². The lowest BCUT2D eigenvalue weighted by molar-refractivity contribution is -0.139. The van der Waals surface area contributed by atoms with E-state index in [4.69, 9.17) is 9.84 Å². The van der Waals surface area contributed by atoms with Crippen LogP contribution in [-0.2, 0) is 14.8 Å². The fourth-order valence-electron chi connectivity index (χ4n) is 2.21. The molecule has 26 heavy (non-hydrogen) atoms. The Morgan fingerprint density at radius 1 is 1.08 bits per heavy atom. The van der Waals surface area contributed by atoms with Crippen molar-refractivity contribution in [1.29, 1.82) is 0 Å². The number of sulfonamides is 1. The summed E-state index contributed by atoms with van der Waals surface area (Å²) in [5.74, 6) is -0.836. The highest BCUT2D eigenvalue weighted by Crippen LogP contribution is 2.22. The topological polar surface area (TPSA) is 121 Å². The lowest BCUT2D eigenvalue weighted by Gasteiger charge is -2.09. The van der Waals surface area contributed by atoms with Crippen molar-refractivity contribution in [2.45, 2.75) is 4.90 Å². The molecule has 0 atom stereocenters. The molecular weight excluding hydrogens is 358 g/mol. The zero-order valence-electron chi connectivity index (χ0n) is 13.4. The number of benzene rings is 2. The molecule has 3 aromatic rings. The van der Waals surface area contributed by atoms with Crippen LogP contribution in [0.4, 0.5) is 5.69 Å². The van der Waals surface area contributed by atoms with Crippen LogP contribution in [0.2, 0.25) is 0 Å². The van der Waals surface area contributed by atoms with E-state index in [-0.39, 0.29) is 10.6 Å². The molecule has 0 amide bonds. The van der Waals surface area contributed by atoms with Gasteiger partial charge in [0, 0.05) is 11.9 Å². The number of carboxylic acid groups (broad SMARTS) is 1. The monoisotopic (exact) mass is 373 g/mol. The third kappa shape index (κ3) is 4.19. The second kappa shape index (κ2) is 7.28. The molecule has 2 aromatic carbocycles. The molecular formula is C17H15N3O5S. The SMILES string of the molecule is O=C(O)COc1ccc(S(=O)(=O)Nc2ccc(-c3ccn[nH]3)cc2)cc1. The summed E-state index contributed by atoms with van der Waals surface area (Å²) in [6, 6.07) is 14.2. The van der Waals surface area contributed by atoms with Crippen molar-refractivity contribution in [3.8, 4) is 17.0 Å². The van der Waals surface area contributed by atoms with Gasteiger partial charge in [0.1, 0.15) is 5.75 Å². The Balaban J connectivity index is 1.71. The Morgan fingerprint density at radius 2 is 1.77 bits per heavy atom. The molecule has 0 unspecified atom stereocenters. The summed E-state index contributed by atoms with van der Waals surface area (Å²) in [6.07, 6.45) is 1.63. The zero-order chi connectivity index (χ0) is 18.6. The smallest absolute Gasteiger partial charge is 0.341 e. The van der Waals surface area contributed by atoms with Crippen molar-refractivity contribution in [3.05, 3.63) is 60.8 Å². The maximum Gasteiger partial charge on any atom is 0.341 e. The first-order valence-corrected chi connectivity index (χ1v) is 9.00. The van der Waals surface area contributed by atoms with Gasteiger partial charge in [-0.05, 0) is 48.0 Å². The third-order valence-electron chi connectivity index (χ3n) is 3.45. The van der Waals surface area contributed by atoms with Gasteiger partial charge in [0.2, 0.25) is 0 Å². The lowest BCUT2D eigenvalue weighted by Crippen LogP contribution is -2.13. The first-order chi connectivity index (χ1) is 12.4. The first kappa shape index (κ1) is 17.5. The van der Waals surface area contributed by atoms with Crippen LogP contribution in [0.5, 0.6) is 5.75 Å². The van der Waals surface area contributed by atoms with Gasteiger partial charge >= 0.3 is 5.97 Å². The van der Waals surface area contributed by atoms with Gasteiger partial charge in [-0.15, -0.1) is 0 Å². The quantitative estimate of drug-likeness (QED) is 0.584. The van der Waals surface area contributed by atoms with E-state index in [0.29, 0.717) is 5.69 Å². The van der Waals surface area contributed by atoms with Crippen molar-refractivity contribution in [2.24, 2.45) is 0 Å². The molecule has 1 aromatic heterocycles. The minimum absolute atomic E-state index is 0.0396. The van der Waals surface area contributed by atoms with Gasteiger partial charge in [-0.25, -0.2) is 13.2 Å². The number of ether oxygens (including phenoxy) is 1. The normalized spacial score (nSPS) is 11.1. The summed E-state index contributed by atoms with van der Waals surface area (Å²) < 4.78 is 32.3. The fourth-order valence-corrected chi connectivity index (χ4v) is 3.27. The van der Waals surface area contributed by atoms with E-state index in [1.807, 2.05) is 6.07 Å². The number of anilines is 1. The van der Waals surface area contributed by atoms with Crippen molar-refractivity contribution >= 4 is 21.7 Å². The maximum absolute atomic E-state index is 12.4. The summed E-state index contributed by atoms with van der Waals surface area (Å²) in [5.41, 5.74) is 2.13. The van der Waals surface area contributed by atoms with E-state index >= 15 is 0 Å². The average Bonchev–Trinajstić information content (AvgIpc) is 3.15. The Kier molecular flexibility index (Phi) is 4.90. The molecule has 0 radical (unpaired) electrons. The van der Waals surface area contributed by atoms with Crippen LogP contribution in [0.15, 0.2) is 65.7 Å². The number of H-pyrrole nitrogens is 1. The van der Waals surface area contributed by atoms with Crippen molar-refractivity contribution in [3.63, 3.8) is 0 Å². The lowest BCUT2D eigenvalue weighted by atomic mass is 10.1. The molecule has 3 rings (SSSR count). The maximum atomic E-state index is 12.4. The van der Waals surface area contributed by atoms with Gasteiger partial charge in [-0.3, -0.25) is 9.82 Å². The highest BCUT2D eigenvalue weighted by Gasteiger charge is 2.14. The number of carbonyl (C=O) groups is 1. The zero-order valence-corrected chi connectivity index (χ0v) is 14.2. The van der Waals surface area contributed by atoms with Gasteiger partial charge in [-0.2, -0.15) is 5.10 Å². The molecule has 0 saturated heterocycles. The van der Waals surface area contributed by atoms with Gasteiger partial charge in [0.05, 0.1) is 10.6 Å². The fraction of sp³-hybridized carbons (Fsp3) is 0.0588. The van der Waals surface area contributed by atoms with E-state index in [9.17, 15) is 13.2 Å². The molecule has 0 aliphatic carbocycles. The van der Waals surface area contributed by atoms with Gasteiger partial charge in [-0.1, -0.05) is 12.1 Å². The number of aliphatic carboxylic acids is 1. The predicted molar refractivity (Wildman–Crippen MR) is 94.4 cm³/mol. The summed E-state index contributed by atoms with van der Waals surface area (Å²) in [4.78, 5) is 10.5. The Hall–Kier alpha value is -3.33. The summed E-state index contributed by atoms with van der Waals surface area (Å²) in [7, 11) is -3.77. The Morgan fingerprint density at radius 3 is 2.35 bits per heavy atom. The first-order valence-electron chi connectivity index (χ1n) is 7.51. The van der Waals surface area contributed by atoms with E-state index in [1.54, 1.807) is 30.5 Å². The van der Waals surface area contributed by atoms with E-state index < -0.39 is 22.6 Å². The molecule has 134 valence electrons. The minimum Gasteiger partial charge on any atom is -0.482 e. The molecule has 0 aliphatic heterocycles. The largest absolute Gasteiger partial charge is 0.482 e. The van der Waals surface area contributed by atoms with Gasteiger partial charge < -0.3 is 9.84 Å². The third-order valence-corrected chi connectivity index (χ3v) is 4.84. The van der Waals surface area contributed by atoms with Crippen molar-refractivity contribution in [1.82, 2.24) is 10.2 Å². The number of nitrogens with zero attached hydrogens (tertiary/aromatic N) is 1. The molecule has 1 heterocycles. The molecule has 0 saturated carbocycles. The molecule has 9 heteroatoms. The van der Waals surface area contributed by atoms with Crippen LogP contribution < -0.4 is 9.46 Å². The number of hydrogen-bond acceptors (Lipinski definition) is 5. The van der Waals surface area contributed by atoms with Crippen molar-refractivity contribution in [2.75, 3.05) is 11.3 Å². The number of rotatable bonds is 7. The molecule has 3 N–H and O–H groups in total. The Labute approximate surface area is 149 Å². The molecule has 0 bridgehead atoms. The number of aromatic amines is 1. The van der Waals surface area contributed by atoms with Crippen LogP contribution in [0, 0.1) is 0 Å². The minimum atomic E-state index is -3.77.